The average molecular weight is 270 g/mol. The number of aliphatic hydroxyl groups excluding tert-OH is 1. The quantitative estimate of drug-likeness (QED) is 0.877. The number of aliphatic hydroxyl groups is 1. The van der Waals surface area contributed by atoms with Crippen molar-refractivity contribution in [3.63, 3.8) is 0 Å². The third-order valence-electron chi connectivity index (χ3n) is 3.02. The molecule has 0 spiro atoms. The molecule has 4 heteroatoms. The van der Waals surface area contributed by atoms with E-state index in [1.807, 2.05) is 30.3 Å². The summed E-state index contributed by atoms with van der Waals surface area (Å²) in [6.07, 6.45) is 0. The highest BCUT2D eigenvalue weighted by Crippen LogP contribution is 2.10. The third-order valence-corrected chi connectivity index (χ3v) is 3.02. The van der Waals surface area contributed by atoms with E-state index >= 15 is 0 Å². The van der Waals surface area contributed by atoms with Crippen LogP contribution in [0.2, 0.25) is 0 Å². The molecular formula is C16H15FN2O. The van der Waals surface area contributed by atoms with Gasteiger partial charge in [-0.2, -0.15) is 5.26 Å². The lowest BCUT2D eigenvalue weighted by Gasteiger charge is -2.07. The Bertz CT molecular complexity index is 617. The molecule has 0 saturated carbocycles. The fourth-order valence-corrected chi connectivity index (χ4v) is 1.88. The van der Waals surface area contributed by atoms with Gasteiger partial charge >= 0.3 is 0 Å². The van der Waals surface area contributed by atoms with Crippen LogP contribution in [0, 0.1) is 17.1 Å². The zero-order valence-corrected chi connectivity index (χ0v) is 10.9. The molecule has 0 aliphatic carbocycles. The van der Waals surface area contributed by atoms with Crippen LogP contribution < -0.4 is 5.32 Å². The lowest BCUT2D eigenvalue weighted by molar-refractivity contribution is 0.282. The van der Waals surface area contributed by atoms with Gasteiger partial charge in [-0.1, -0.05) is 24.3 Å². The third kappa shape index (κ3) is 3.64. The fourth-order valence-electron chi connectivity index (χ4n) is 1.88. The molecule has 3 nitrogen and oxygen atoms in total. The molecule has 2 rings (SSSR count). The second-order valence-electron chi connectivity index (χ2n) is 4.50. The molecule has 0 aliphatic rings. The smallest absolute Gasteiger partial charge is 0.127 e. The molecule has 102 valence electrons. The van der Waals surface area contributed by atoms with Crippen molar-refractivity contribution >= 4 is 0 Å². The minimum atomic E-state index is -0.313. The fraction of sp³-hybridized carbons (Fsp3) is 0.188. The normalized spacial score (nSPS) is 10.2. The molecule has 0 aromatic heterocycles. The monoisotopic (exact) mass is 270 g/mol. The largest absolute Gasteiger partial charge is 0.392 e. The predicted molar refractivity (Wildman–Crippen MR) is 74.0 cm³/mol. The van der Waals surface area contributed by atoms with Crippen LogP contribution in [0.25, 0.3) is 0 Å². The Morgan fingerprint density at radius 2 is 1.75 bits per heavy atom. The molecule has 0 bridgehead atoms. The standard InChI is InChI=1S/C16H15FN2O/c17-16-6-5-14(8-18)7-15(16)10-19-9-12-1-3-13(11-20)4-2-12/h1-7,19-20H,9-11H2. The van der Waals surface area contributed by atoms with Crippen molar-refractivity contribution in [1.82, 2.24) is 5.32 Å². The van der Waals surface area contributed by atoms with E-state index in [1.165, 1.54) is 12.1 Å². The molecule has 0 atom stereocenters. The summed E-state index contributed by atoms with van der Waals surface area (Å²) in [5.41, 5.74) is 2.85. The Kier molecular flexibility index (Phi) is 4.83. The molecule has 0 heterocycles. The molecular weight excluding hydrogens is 255 g/mol. The Morgan fingerprint density at radius 1 is 1.05 bits per heavy atom. The number of rotatable bonds is 5. The van der Waals surface area contributed by atoms with Crippen molar-refractivity contribution in [3.05, 3.63) is 70.5 Å². The first-order valence-corrected chi connectivity index (χ1v) is 6.31. The molecule has 0 aliphatic heterocycles. The Balaban J connectivity index is 1.94. The molecule has 2 aromatic rings. The highest BCUT2D eigenvalue weighted by molar-refractivity contribution is 5.33. The van der Waals surface area contributed by atoms with Crippen LogP contribution in [-0.4, -0.2) is 5.11 Å². The van der Waals surface area contributed by atoms with Crippen LogP contribution in [0.4, 0.5) is 4.39 Å². The number of nitriles is 1. The lowest BCUT2D eigenvalue weighted by Crippen LogP contribution is -2.13. The summed E-state index contributed by atoms with van der Waals surface area (Å²) in [6.45, 7) is 0.991. The van der Waals surface area contributed by atoms with Gasteiger partial charge in [0.25, 0.3) is 0 Å². The molecule has 20 heavy (non-hydrogen) atoms. The summed E-state index contributed by atoms with van der Waals surface area (Å²) in [5.74, 6) is -0.313. The van der Waals surface area contributed by atoms with Gasteiger partial charge in [-0.25, -0.2) is 4.39 Å². The summed E-state index contributed by atoms with van der Waals surface area (Å²) in [4.78, 5) is 0. The first-order valence-electron chi connectivity index (χ1n) is 6.31. The van der Waals surface area contributed by atoms with E-state index in [0.29, 0.717) is 24.2 Å². The van der Waals surface area contributed by atoms with Crippen molar-refractivity contribution < 1.29 is 9.50 Å². The molecule has 0 saturated heterocycles. The first-order chi connectivity index (χ1) is 9.72. The van der Waals surface area contributed by atoms with Crippen molar-refractivity contribution in [1.29, 1.82) is 5.26 Å². The maximum atomic E-state index is 13.6. The van der Waals surface area contributed by atoms with E-state index in [0.717, 1.165) is 11.1 Å². The minimum Gasteiger partial charge on any atom is -0.392 e. The molecule has 2 aromatic carbocycles. The summed E-state index contributed by atoms with van der Waals surface area (Å²) in [7, 11) is 0. The zero-order valence-electron chi connectivity index (χ0n) is 10.9. The molecule has 0 unspecified atom stereocenters. The van der Waals surface area contributed by atoms with Gasteiger partial charge in [-0.15, -0.1) is 0 Å². The van der Waals surface area contributed by atoms with Gasteiger partial charge in [-0.05, 0) is 29.3 Å². The second-order valence-corrected chi connectivity index (χ2v) is 4.50. The SMILES string of the molecule is N#Cc1ccc(F)c(CNCc2ccc(CO)cc2)c1. The van der Waals surface area contributed by atoms with Crippen molar-refractivity contribution in [2.45, 2.75) is 19.7 Å². The lowest BCUT2D eigenvalue weighted by atomic mass is 10.1. The molecule has 0 fully saturated rings. The average Bonchev–Trinajstić information content (AvgIpc) is 2.50. The van der Waals surface area contributed by atoms with Gasteiger partial charge in [0.05, 0.1) is 18.2 Å². The number of hydrogen-bond donors (Lipinski definition) is 2. The Hall–Kier alpha value is -2.22. The van der Waals surface area contributed by atoms with Gasteiger partial charge in [0.15, 0.2) is 0 Å². The van der Waals surface area contributed by atoms with Crippen LogP contribution in [0.1, 0.15) is 22.3 Å². The minimum absolute atomic E-state index is 0.0277. The Labute approximate surface area is 117 Å². The van der Waals surface area contributed by atoms with Crippen LogP contribution >= 0.6 is 0 Å². The van der Waals surface area contributed by atoms with E-state index in [9.17, 15) is 4.39 Å². The number of benzene rings is 2. The highest BCUT2D eigenvalue weighted by atomic mass is 19.1. The number of nitrogens with one attached hydrogen (secondary N) is 1. The van der Waals surface area contributed by atoms with Crippen molar-refractivity contribution in [2.24, 2.45) is 0 Å². The van der Waals surface area contributed by atoms with Gasteiger partial charge in [0.1, 0.15) is 5.82 Å². The van der Waals surface area contributed by atoms with E-state index in [2.05, 4.69) is 5.32 Å². The summed E-state index contributed by atoms with van der Waals surface area (Å²) in [6, 6.07) is 13.9. The van der Waals surface area contributed by atoms with E-state index < -0.39 is 0 Å². The molecule has 0 radical (unpaired) electrons. The molecule has 2 N–H and O–H groups in total. The summed E-state index contributed by atoms with van der Waals surface area (Å²) >= 11 is 0. The van der Waals surface area contributed by atoms with Gasteiger partial charge in [0.2, 0.25) is 0 Å². The van der Waals surface area contributed by atoms with Gasteiger partial charge in [-0.3, -0.25) is 0 Å². The number of hydrogen-bond acceptors (Lipinski definition) is 3. The number of halogens is 1. The molecule has 0 amide bonds. The summed E-state index contributed by atoms with van der Waals surface area (Å²) < 4.78 is 13.6. The Morgan fingerprint density at radius 3 is 2.40 bits per heavy atom. The first kappa shape index (κ1) is 14.2. The van der Waals surface area contributed by atoms with Crippen LogP contribution in [-0.2, 0) is 19.7 Å². The zero-order chi connectivity index (χ0) is 14.4. The topological polar surface area (TPSA) is 56.0 Å². The predicted octanol–water partition coefficient (Wildman–Crippen LogP) is 2.48. The van der Waals surface area contributed by atoms with Crippen LogP contribution in [0.5, 0.6) is 0 Å². The van der Waals surface area contributed by atoms with Crippen molar-refractivity contribution in [3.8, 4) is 6.07 Å². The second kappa shape index (κ2) is 6.80. The van der Waals surface area contributed by atoms with Gasteiger partial charge in [0, 0.05) is 18.7 Å². The van der Waals surface area contributed by atoms with Crippen LogP contribution in [0.3, 0.4) is 0 Å². The van der Waals surface area contributed by atoms with Gasteiger partial charge < -0.3 is 10.4 Å². The maximum Gasteiger partial charge on any atom is 0.127 e. The van der Waals surface area contributed by atoms with E-state index in [1.54, 1.807) is 6.07 Å². The highest BCUT2D eigenvalue weighted by Gasteiger charge is 2.03. The van der Waals surface area contributed by atoms with E-state index in [-0.39, 0.29) is 12.4 Å². The van der Waals surface area contributed by atoms with E-state index in [4.69, 9.17) is 10.4 Å². The number of nitrogens with zero attached hydrogens (tertiary/aromatic N) is 1. The van der Waals surface area contributed by atoms with Crippen molar-refractivity contribution in [2.75, 3.05) is 0 Å². The van der Waals surface area contributed by atoms with Crippen LogP contribution in [0.15, 0.2) is 42.5 Å². The summed E-state index contributed by atoms with van der Waals surface area (Å²) in [5, 5.41) is 20.9. The maximum absolute atomic E-state index is 13.6.